The van der Waals surface area contributed by atoms with Crippen LogP contribution in [-0.2, 0) is 0 Å². The van der Waals surface area contributed by atoms with Gasteiger partial charge in [-0.1, -0.05) is 0 Å². The lowest BCUT2D eigenvalue weighted by Gasteiger charge is -2.06. The lowest BCUT2D eigenvalue weighted by Crippen LogP contribution is -1.98. The van der Waals surface area contributed by atoms with Gasteiger partial charge in [0.25, 0.3) is 0 Å². The Hall–Kier alpha value is -3.48. The number of hydrogen-bond acceptors (Lipinski definition) is 5. The second kappa shape index (κ2) is 5.62. The number of nitrogens with two attached hydrogens (primary N) is 1. The van der Waals surface area contributed by atoms with Gasteiger partial charge in [-0.3, -0.25) is 5.10 Å². The minimum absolute atomic E-state index is 0.205. The summed E-state index contributed by atoms with van der Waals surface area (Å²) in [4.78, 5) is 7.98. The Bertz CT molecular complexity index is 1010. The summed E-state index contributed by atoms with van der Waals surface area (Å²) in [5, 5.41) is 11.4. The van der Waals surface area contributed by atoms with Crippen LogP contribution >= 0.6 is 0 Å². The predicted molar refractivity (Wildman–Crippen MR) is 91.2 cm³/mol. The van der Waals surface area contributed by atoms with Gasteiger partial charge in [0.2, 0.25) is 5.95 Å². The second-order valence-electron chi connectivity index (χ2n) is 5.26. The third kappa shape index (κ3) is 2.63. The van der Waals surface area contributed by atoms with Gasteiger partial charge in [0.15, 0.2) is 0 Å². The molecule has 0 radical (unpaired) electrons. The van der Waals surface area contributed by atoms with Crippen LogP contribution in [0.15, 0.2) is 54.7 Å². The van der Waals surface area contributed by atoms with E-state index in [-0.39, 0.29) is 11.8 Å². The molecule has 0 fully saturated rings. The molecule has 0 amide bonds. The largest absolute Gasteiger partial charge is 0.368 e. The number of aromatic nitrogens is 4. The molecule has 0 atom stereocenters. The number of nitrogens with zero attached hydrogens (tertiary/aromatic N) is 3. The van der Waals surface area contributed by atoms with Gasteiger partial charge in [-0.2, -0.15) is 10.1 Å². The van der Waals surface area contributed by atoms with Crippen molar-refractivity contribution in [2.24, 2.45) is 0 Å². The Kier molecular flexibility index (Phi) is 3.31. The first-order valence-electron chi connectivity index (χ1n) is 7.29. The molecule has 0 saturated carbocycles. The van der Waals surface area contributed by atoms with Crippen LogP contribution in [0.2, 0.25) is 0 Å². The summed E-state index contributed by atoms with van der Waals surface area (Å²) in [5.74, 6) is 0.535. The van der Waals surface area contributed by atoms with E-state index in [9.17, 15) is 4.39 Å². The van der Waals surface area contributed by atoms with Crippen LogP contribution in [0.3, 0.4) is 0 Å². The summed E-state index contributed by atoms with van der Waals surface area (Å²) in [6.07, 6.45) is 1.59. The fraction of sp³-hybridized carbons (Fsp3) is 0. The number of nitrogen functional groups attached to an aromatic ring is 1. The predicted octanol–water partition coefficient (Wildman–Crippen LogP) is 3.48. The zero-order valence-corrected chi connectivity index (χ0v) is 12.5. The zero-order valence-electron chi connectivity index (χ0n) is 12.5. The molecule has 0 saturated heterocycles. The van der Waals surface area contributed by atoms with E-state index in [2.05, 4.69) is 25.5 Å². The average molecular weight is 320 g/mol. The summed E-state index contributed by atoms with van der Waals surface area (Å²) in [6.45, 7) is 0. The van der Waals surface area contributed by atoms with Crippen LogP contribution < -0.4 is 11.1 Å². The Balaban J connectivity index is 1.74. The van der Waals surface area contributed by atoms with E-state index < -0.39 is 0 Å². The molecule has 6 nitrogen and oxygen atoms in total. The van der Waals surface area contributed by atoms with Crippen LogP contribution in [-0.4, -0.2) is 20.2 Å². The first kappa shape index (κ1) is 14.1. The van der Waals surface area contributed by atoms with Crippen molar-refractivity contribution in [2.75, 3.05) is 11.1 Å². The topological polar surface area (TPSA) is 92.5 Å². The van der Waals surface area contributed by atoms with Crippen LogP contribution in [0.25, 0.3) is 22.2 Å². The molecule has 4 aromatic rings. The highest BCUT2D eigenvalue weighted by atomic mass is 19.1. The van der Waals surface area contributed by atoms with E-state index in [1.807, 2.05) is 18.2 Å². The first-order valence-corrected chi connectivity index (χ1v) is 7.29. The molecule has 0 bridgehead atoms. The summed E-state index contributed by atoms with van der Waals surface area (Å²) in [7, 11) is 0. The minimum atomic E-state index is -0.276. The van der Waals surface area contributed by atoms with Crippen molar-refractivity contribution in [1.82, 2.24) is 20.2 Å². The van der Waals surface area contributed by atoms with Gasteiger partial charge < -0.3 is 11.1 Å². The smallest absolute Gasteiger partial charge is 0.221 e. The molecule has 2 aromatic carbocycles. The van der Waals surface area contributed by atoms with E-state index in [0.717, 1.165) is 27.8 Å². The van der Waals surface area contributed by atoms with Crippen molar-refractivity contribution in [2.45, 2.75) is 0 Å². The maximum Gasteiger partial charge on any atom is 0.221 e. The van der Waals surface area contributed by atoms with Gasteiger partial charge >= 0.3 is 0 Å². The summed E-state index contributed by atoms with van der Waals surface area (Å²) in [5.41, 5.74) is 8.92. The summed E-state index contributed by atoms with van der Waals surface area (Å²) < 4.78 is 13.1. The summed E-state index contributed by atoms with van der Waals surface area (Å²) in [6, 6.07) is 13.8. The van der Waals surface area contributed by atoms with Gasteiger partial charge in [0.05, 0.1) is 11.2 Å². The number of hydrogen-bond donors (Lipinski definition) is 3. The molecule has 118 valence electrons. The maximum absolute atomic E-state index is 13.1. The monoisotopic (exact) mass is 320 g/mol. The van der Waals surface area contributed by atoms with Crippen molar-refractivity contribution in [3.05, 3.63) is 60.5 Å². The Morgan fingerprint density at radius 2 is 1.88 bits per heavy atom. The molecule has 7 heteroatoms. The number of fused-ring (bicyclic) bond motifs is 1. The number of aromatic amines is 1. The molecule has 0 spiro atoms. The fourth-order valence-corrected chi connectivity index (χ4v) is 2.51. The maximum atomic E-state index is 13.1. The molecule has 2 aromatic heterocycles. The normalized spacial score (nSPS) is 10.9. The zero-order chi connectivity index (χ0) is 16.5. The van der Waals surface area contributed by atoms with Crippen molar-refractivity contribution in [3.8, 4) is 11.3 Å². The molecular formula is C17H13FN6. The highest BCUT2D eigenvalue weighted by Crippen LogP contribution is 2.29. The third-order valence-corrected chi connectivity index (χ3v) is 3.63. The van der Waals surface area contributed by atoms with Gasteiger partial charge in [-0.15, -0.1) is 0 Å². The van der Waals surface area contributed by atoms with Gasteiger partial charge in [-0.25, -0.2) is 9.37 Å². The van der Waals surface area contributed by atoms with Crippen LogP contribution in [0.1, 0.15) is 0 Å². The second-order valence-corrected chi connectivity index (χ2v) is 5.26. The van der Waals surface area contributed by atoms with Crippen LogP contribution in [0.4, 0.5) is 21.8 Å². The number of rotatable bonds is 3. The quantitative estimate of drug-likeness (QED) is 0.537. The molecular weight excluding hydrogens is 307 g/mol. The van der Waals surface area contributed by atoms with Crippen molar-refractivity contribution < 1.29 is 4.39 Å². The molecule has 0 aliphatic rings. The molecule has 2 heterocycles. The molecule has 0 unspecified atom stereocenters. The van der Waals surface area contributed by atoms with Crippen LogP contribution in [0, 0.1) is 5.82 Å². The summed E-state index contributed by atoms with van der Waals surface area (Å²) >= 11 is 0. The number of halogens is 1. The number of anilines is 3. The Labute approximate surface area is 136 Å². The van der Waals surface area contributed by atoms with Gasteiger partial charge in [-0.05, 0) is 48.5 Å². The van der Waals surface area contributed by atoms with Crippen molar-refractivity contribution >= 4 is 28.4 Å². The third-order valence-electron chi connectivity index (χ3n) is 3.63. The molecule has 0 aliphatic heterocycles. The number of benzene rings is 2. The van der Waals surface area contributed by atoms with Crippen LogP contribution in [0.5, 0.6) is 0 Å². The fourth-order valence-electron chi connectivity index (χ4n) is 2.51. The lowest BCUT2D eigenvalue weighted by atomic mass is 10.1. The number of nitrogens with one attached hydrogen (secondary N) is 2. The van der Waals surface area contributed by atoms with Crippen molar-refractivity contribution in [1.29, 1.82) is 0 Å². The molecule has 0 aliphatic carbocycles. The Morgan fingerprint density at radius 3 is 2.67 bits per heavy atom. The highest BCUT2D eigenvalue weighted by molar-refractivity contribution is 5.95. The van der Waals surface area contributed by atoms with Gasteiger partial charge in [0.1, 0.15) is 11.6 Å². The van der Waals surface area contributed by atoms with E-state index in [4.69, 9.17) is 5.73 Å². The molecule has 4 rings (SSSR count). The van der Waals surface area contributed by atoms with E-state index in [0.29, 0.717) is 5.82 Å². The van der Waals surface area contributed by atoms with E-state index >= 15 is 0 Å². The molecule has 4 N–H and O–H groups in total. The van der Waals surface area contributed by atoms with Crippen molar-refractivity contribution in [3.63, 3.8) is 0 Å². The average Bonchev–Trinajstić information content (AvgIpc) is 2.99. The molecule has 24 heavy (non-hydrogen) atoms. The first-order chi connectivity index (χ1) is 11.7. The van der Waals surface area contributed by atoms with Gasteiger partial charge in [0, 0.05) is 22.8 Å². The standard InChI is InChI=1S/C17H13FN6/c18-11-3-1-10(2-4-11)16-13-9-12(5-6-14(13)23-24-16)21-15-7-8-20-17(19)22-15/h1-9H,(H,23,24)(H3,19,20,21,22). The van der Waals surface area contributed by atoms with E-state index in [1.54, 1.807) is 24.4 Å². The lowest BCUT2D eigenvalue weighted by molar-refractivity contribution is 0.628. The van der Waals surface area contributed by atoms with E-state index in [1.165, 1.54) is 12.1 Å². The number of H-pyrrole nitrogens is 1. The minimum Gasteiger partial charge on any atom is -0.368 e. The SMILES string of the molecule is Nc1nccc(Nc2ccc3[nH]nc(-c4ccc(F)cc4)c3c2)n1. The Morgan fingerprint density at radius 1 is 1.04 bits per heavy atom. The highest BCUT2D eigenvalue weighted by Gasteiger charge is 2.09.